The first-order valence-electron chi connectivity index (χ1n) is 6.38. The molecule has 0 saturated carbocycles. The molecule has 1 aromatic carbocycles. The van der Waals surface area contributed by atoms with Crippen LogP contribution in [0.15, 0.2) is 34.8 Å². The molecule has 0 spiro atoms. The van der Waals surface area contributed by atoms with E-state index in [1.807, 2.05) is 6.07 Å². The lowest BCUT2D eigenvalue weighted by molar-refractivity contribution is 0.556. The Hall–Kier alpha value is -0.670. The lowest BCUT2D eigenvalue weighted by Crippen LogP contribution is -2.20. The molecule has 0 amide bonds. The summed E-state index contributed by atoms with van der Waals surface area (Å²) in [7, 11) is 0. The minimum absolute atomic E-state index is 0.189. The van der Waals surface area contributed by atoms with E-state index in [1.165, 1.54) is 6.07 Å². The van der Waals surface area contributed by atoms with Crippen LogP contribution in [-0.4, -0.2) is 13.1 Å². The molecule has 0 aliphatic carbocycles. The molecule has 0 saturated heterocycles. The molecule has 0 aromatic heterocycles. The predicted molar refractivity (Wildman–Crippen MR) is 79.3 cm³/mol. The number of halogens is 2. The van der Waals surface area contributed by atoms with Crippen molar-refractivity contribution in [2.24, 2.45) is 5.92 Å². The van der Waals surface area contributed by atoms with Gasteiger partial charge in [-0.25, -0.2) is 4.39 Å². The minimum atomic E-state index is -0.189. The maximum atomic E-state index is 13.1. The number of benzene rings is 1. The van der Waals surface area contributed by atoms with Gasteiger partial charge in [-0.1, -0.05) is 41.9 Å². The molecule has 0 bridgehead atoms. The molecule has 0 atom stereocenters. The van der Waals surface area contributed by atoms with Crippen LogP contribution in [0, 0.1) is 11.7 Å². The topological polar surface area (TPSA) is 12.0 Å². The maximum Gasteiger partial charge on any atom is 0.124 e. The first-order chi connectivity index (χ1) is 8.58. The van der Waals surface area contributed by atoms with Gasteiger partial charge in [0.2, 0.25) is 0 Å². The van der Waals surface area contributed by atoms with E-state index in [0.717, 1.165) is 36.0 Å². The van der Waals surface area contributed by atoms with Crippen molar-refractivity contribution >= 4 is 15.9 Å². The molecular weight excluding hydrogens is 293 g/mol. The normalized spacial score (nSPS) is 11.6. The standard InChI is InChI=1S/C15H21BrFN/c1-12(2)11-18-7-5-3-4-6-13-8-14(16)10-15(17)9-13/h3-4,8-10,12,18H,5-7,11H2,1-2H3. The molecule has 0 unspecified atom stereocenters. The number of nitrogens with one attached hydrogen (secondary N) is 1. The zero-order chi connectivity index (χ0) is 13.4. The molecule has 1 rings (SSSR count). The SMILES string of the molecule is CC(C)CNCCC=CCc1cc(F)cc(Br)c1. The zero-order valence-electron chi connectivity index (χ0n) is 11.0. The summed E-state index contributed by atoms with van der Waals surface area (Å²) >= 11 is 3.30. The van der Waals surface area contributed by atoms with Gasteiger partial charge in [0.15, 0.2) is 0 Å². The molecule has 0 fully saturated rings. The maximum absolute atomic E-state index is 13.1. The Kier molecular flexibility index (Phi) is 7.21. The van der Waals surface area contributed by atoms with Crippen molar-refractivity contribution in [2.45, 2.75) is 26.7 Å². The third-order valence-electron chi connectivity index (χ3n) is 2.48. The molecule has 1 N–H and O–H groups in total. The Balaban J connectivity index is 2.23. The van der Waals surface area contributed by atoms with Gasteiger partial charge in [0.05, 0.1) is 0 Å². The monoisotopic (exact) mass is 313 g/mol. The fraction of sp³-hybridized carbons (Fsp3) is 0.467. The summed E-state index contributed by atoms with van der Waals surface area (Å²) in [6.07, 6.45) is 6.04. The van der Waals surface area contributed by atoms with Crippen molar-refractivity contribution in [3.8, 4) is 0 Å². The van der Waals surface area contributed by atoms with Crippen molar-refractivity contribution in [2.75, 3.05) is 13.1 Å². The van der Waals surface area contributed by atoms with Gasteiger partial charge in [-0.05, 0) is 55.6 Å². The van der Waals surface area contributed by atoms with Crippen LogP contribution >= 0.6 is 15.9 Å². The first-order valence-corrected chi connectivity index (χ1v) is 7.18. The predicted octanol–water partition coefficient (Wildman–Crippen LogP) is 4.32. The minimum Gasteiger partial charge on any atom is -0.316 e. The number of hydrogen-bond donors (Lipinski definition) is 1. The van der Waals surface area contributed by atoms with E-state index >= 15 is 0 Å². The molecule has 0 aliphatic heterocycles. The van der Waals surface area contributed by atoms with Crippen molar-refractivity contribution in [1.29, 1.82) is 0 Å². The second-order valence-corrected chi connectivity index (χ2v) is 5.76. The lowest BCUT2D eigenvalue weighted by atomic mass is 10.1. The summed E-state index contributed by atoms with van der Waals surface area (Å²) in [5, 5.41) is 3.38. The summed E-state index contributed by atoms with van der Waals surface area (Å²) < 4.78 is 13.9. The largest absolute Gasteiger partial charge is 0.316 e. The molecule has 0 heterocycles. The molecule has 3 heteroatoms. The van der Waals surface area contributed by atoms with Gasteiger partial charge in [-0.3, -0.25) is 0 Å². The Morgan fingerprint density at radius 1 is 1.28 bits per heavy atom. The van der Waals surface area contributed by atoms with Gasteiger partial charge in [-0.15, -0.1) is 0 Å². The van der Waals surface area contributed by atoms with E-state index in [2.05, 4.69) is 47.2 Å². The highest BCUT2D eigenvalue weighted by atomic mass is 79.9. The van der Waals surface area contributed by atoms with Gasteiger partial charge in [0.1, 0.15) is 5.82 Å². The highest BCUT2D eigenvalue weighted by molar-refractivity contribution is 9.10. The van der Waals surface area contributed by atoms with Crippen LogP contribution in [-0.2, 0) is 6.42 Å². The molecular formula is C15H21BrFN. The van der Waals surface area contributed by atoms with Gasteiger partial charge in [-0.2, -0.15) is 0 Å². The summed E-state index contributed by atoms with van der Waals surface area (Å²) in [5.41, 5.74) is 0.994. The fourth-order valence-electron chi connectivity index (χ4n) is 1.64. The fourth-order valence-corrected chi connectivity index (χ4v) is 2.15. The van der Waals surface area contributed by atoms with Crippen LogP contribution in [0.1, 0.15) is 25.8 Å². The van der Waals surface area contributed by atoms with Crippen molar-refractivity contribution in [3.05, 3.63) is 46.2 Å². The average molecular weight is 314 g/mol. The second-order valence-electron chi connectivity index (χ2n) is 4.84. The molecule has 100 valence electrons. The van der Waals surface area contributed by atoms with E-state index in [0.29, 0.717) is 5.92 Å². The average Bonchev–Trinajstić information content (AvgIpc) is 2.26. The molecule has 18 heavy (non-hydrogen) atoms. The van der Waals surface area contributed by atoms with E-state index in [-0.39, 0.29) is 5.82 Å². The van der Waals surface area contributed by atoms with Crippen LogP contribution in [0.4, 0.5) is 4.39 Å². The van der Waals surface area contributed by atoms with Crippen LogP contribution in [0.25, 0.3) is 0 Å². The van der Waals surface area contributed by atoms with Crippen LogP contribution in [0.2, 0.25) is 0 Å². The molecule has 0 aliphatic rings. The van der Waals surface area contributed by atoms with E-state index in [1.54, 1.807) is 6.07 Å². The van der Waals surface area contributed by atoms with Crippen molar-refractivity contribution in [3.63, 3.8) is 0 Å². The highest BCUT2D eigenvalue weighted by Gasteiger charge is 1.97. The van der Waals surface area contributed by atoms with E-state index in [9.17, 15) is 4.39 Å². The van der Waals surface area contributed by atoms with Gasteiger partial charge in [0.25, 0.3) is 0 Å². The Morgan fingerprint density at radius 2 is 2.06 bits per heavy atom. The quantitative estimate of drug-likeness (QED) is 0.584. The summed E-state index contributed by atoms with van der Waals surface area (Å²) in [6.45, 7) is 6.46. The van der Waals surface area contributed by atoms with E-state index in [4.69, 9.17) is 0 Å². The number of rotatable bonds is 7. The van der Waals surface area contributed by atoms with Gasteiger partial charge >= 0.3 is 0 Å². The summed E-state index contributed by atoms with van der Waals surface area (Å²) in [5.74, 6) is 0.505. The smallest absolute Gasteiger partial charge is 0.124 e. The molecule has 1 aromatic rings. The van der Waals surface area contributed by atoms with Gasteiger partial charge < -0.3 is 5.32 Å². The number of allylic oxidation sites excluding steroid dienone is 1. The summed E-state index contributed by atoms with van der Waals surface area (Å²) in [6, 6.07) is 5.00. The Labute approximate surface area is 118 Å². The summed E-state index contributed by atoms with van der Waals surface area (Å²) in [4.78, 5) is 0. The van der Waals surface area contributed by atoms with Crippen LogP contribution < -0.4 is 5.32 Å². The second kappa shape index (κ2) is 8.44. The highest BCUT2D eigenvalue weighted by Crippen LogP contribution is 2.15. The van der Waals surface area contributed by atoms with Crippen molar-refractivity contribution < 1.29 is 4.39 Å². The Morgan fingerprint density at radius 3 is 2.72 bits per heavy atom. The molecule has 0 radical (unpaired) electrons. The first kappa shape index (κ1) is 15.4. The molecule has 1 nitrogen and oxygen atoms in total. The third-order valence-corrected chi connectivity index (χ3v) is 2.94. The zero-order valence-corrected chi connectivity index (χ0v) is 12.6. The van der Waals surface area contributed by atoms with Gasteiger partial charge in [0, 0.05) is 4.47 Å². The van der Waals surface area contributed by atoms with E-state index < -0.39 is 0 Å². The van der Waals surface area contributed by atoms with Crippen LogP contribution in [0.3, 0.4) is 0 Å². The lowest BCUT2D eigenvalue weighted by Gasteiger charge is -2.04. The number of hydrogen-bond acceptors (Lipinski definition) is 1. The van der Waals surface area contributed by atoms with Crippen LogP contribution in [0.5, 0.6) is 0 Å². The van der Waals surface area contributed by atoms with Crippen molar-refractivity contribution in [1.82, 2.24) is 5.32 Å². The Bertz CT molecular complexity index is 368. The third kappa shape index (κ3) is 6.92.